The molecule has 0 saturated heterocycles. The van der Waals surface area contributed by atoms with E-state index in [-0.39, 0.29) is 11.7 Å². The van der Waals surface area contributed by atoms with Gasteiger partial charge < -0.3 is 9.84 Å². The number of benzene rings is 2. The molecule has 0 aromatic heterocycles. The number of aliphatic hydroxyl groups excluding tert-OH is 1. The molecule has 0 saturated carbocycles. The van der Waals surface area contributed by atoms with E-state index in [1.54, 1.807) is 25.3 Å². The Kier molecular flexibility index (Phi) is 3.44. The minimum atomic E-state index is -0.562. The van der Waals surface area contributed by atoms with Gasteiger partial charge in [-0.3, -0.25) is 4.79 Å². The van der Waals surface area contributed by atoms with Crippen LogP contribution in [0.2, 0.25) is 0 Å². The average molecular weight is 282 g/mol. The van der Waals surface area contributed by atoms with Crippen LogP contribution in [0.4, 0.5) is 5.69 Å². The summed E-state index contributed by atoms with van der Waals surface area (Å²) in [4.78, 5) is 15.5. The monoisotopic (exact) mass is 282 g/mol. The number of methoxy groups -OCH3 is 1. The smallest absolute Gasteiger partial charge is 0.349 e. The summed E-state index contributed by atoms with van der Waals surface area (Å²) >= 11 is 0. The Labute approximate surface area is 122 Å². The van der Waals surface area contributed by atoms with Crippen molar-refractivity contribution in [1.82, 2.24) is 0 Å². The summed E-state index contributed by atoms with van der Waals surface area (Å²) in [5.41, 5.74) is 2.18. The van der Waals surface area contributed by atoms with E-state index in [1.165, 1.54) is 0 Å². The molecule has 106 valence electrons. The summed E-state index contributed by atoms with van der Waals surface area (Å²) in [7, 11) is 1.56. The number of ether oxygens (including phenoxy) is 1. The van der Waals surface area contributed by atoms with Crippen LogP contribution in [-0.2, 0) is 6.42 Å². The number of fused-ring (bicyclic) bond motifs is 1. The molecule has 1 heterocycles. The summed E-state index contributed by atoms with van der Waals surface area (Å²) in [6, 6.07) is 14.9. The Morgan fingerprint density at radius 2 is 1.95 bits per heavy atom. The predicted octanol–water partition coefficient (Wildman–Crippen LogP) is 1.42. The molecule has 0 spiro atoms. The van der Waals surface area contributed by atoms with Gasteiger partial charge in [0.15, 0.2) is 5.78 Å². The standard InChI is InChI=1S/C17H15NO3/c1-21-12-7-8-13-15(10-12)18-17(20)14(16(13)19)9-11-5-3-2-4-6-11/h2-8,10,14H,9H2,1H3,(H,18,20)/p+1/t14-/m1/s1. The molecule has 4 nitrogen and oxygen atoms in total. The molecule has 0 unspecified atom stereocenters. The summed E-state index contributed by atoms with van der Waals surface area (Å²) in [5.74, 6) is -0.00554. The van der Waals surface area contributed by atoms with Crippen molar-refractivity contribution in [3.05, 3.63) is 59.7 Å². The van der Waals surface area contributed by atoms with Crippen LogP contribution in [-0.4, -0.2) is 23.9 Å². The second-order valence-electron chi connectivity index (χ2n) is 5.03. The predicted molar refractivity (Wildman–Crippen MR) is 79.2 cm³/mol. The zero-order valence-electron chi connectivity index (χ0n) is 11.7. The van der Waals surface area contributed by atoms with E-state index in [0.717, 1.165) is 5.56 Å². The molecular weight excluding hydrogens is 266 g/mol. The number of carbonyl (C=O) groups is 1. The highest BCUT2D eigenvalue weighted by molar-refractivity contribution is 6.12. The molecule has 0 bridgehead atoms. The highest BCUT2D eigenvalue weighted by Crippen LogP contribution is 2.25. The van der Waals surface area contributed by atoms with E-state index < -0.39 is 5.92 Å². The van der Waals surface area contributed by atoms with Gasteiger partial charge in [-0.05, 0) is 24.1 Å². The summed E-state index contributed by atoms with van der Waals surface area (Å²) in [5, 5.41) is 10.2. The second-order valence-corrected chi connectivity index (χ2v) is 5.03. The van der Waals surface area contributed by atoms with Crippen molar-refractivity contribution in [3.63, 3.8) is 0 Å². The van der Waals surface area contributed by atoms with Crippen LogP contribution >= 0.6 is 0 Å². The van der Waals surface area contributed by atoms with Crippen LogP contribution < -0.4 is 9.73 Å². The van der Waals surface area contributed by atoms with Gasteiger partial charge >= 0.3 is 5.90 Å². The highest BCUT2D eigenvalue weighted by atomic mass is 16.5. The molecule has 4 heteroatoms. The number of hydrogen-bond acceptors (Lipinski definition) is 2. The maximum absolute atomic E-state index is 12.6. The fraction of sp³-hybridized carbons (Fsp3) is 0.176. The van der Waals surface area contributed by atoms with Crippen molar-refractivity contribution < 1.29 is 19.6 Å². The Balaban J connectivity index is 1.94. The van der Waals surface area contributed by atoms with Gasteiger partial charge in [0, 0.05) is 0 Å². The van der Waals surface area contributed by atoms with Crippen LogP contribution in [0.3, 0.4) is 0 Å². The zero-order chi connectivity index (χ0) is 14.8. The van der Waals surface area contributed by atoms with Crippen molar-refractivity contribution >= 4 is 17.4 Å². The Hall–Kier alpha value is -2.62. The fourth-order valence-electron chi connectivity index (χ4n) is 2.54. The largest absolute Gasteiger partial charge is 0.497 e. The summed E-state index contributed by atoms with van der Waals surface area (Å²) in [6.45, 7) is 0. The molecule has 0 fully saturated rings. The van der Waals surface area contributed by atoms with Crippen molar-refractivity contribution in [2.75, 3.05) is 7.11 Å². The van der Waals surface area contributed by atoms with Gasteiger partial charge in [-0.25, -0.2) is 0 Å². The topological polar surface area (TPSA) is 60.5 Å². The van der Waals surface area contributed by atoms with Crippen LogP contribution in [0.15, 0.2) is 48.5 Å². The van der Waals surface area contributed by atoms with Gasteiger partial charge in [-0.15, -0.1) is 0 Å². The van der Waals surface area contributed by atoms with Gasteiger partial charge in [0.25, 0.3) is 0 Å². The lowest BCUT2D eigenvalue weighted by Gasteiger charge is -2.16. The van der Waals surface area contributed by atoms with E-state index in [2.05, 4.69) is 4.99 Å². The zero-order valence-corrected chi connectivity index (χ0v) is 11.7. The Morgan fingerprint density at radius 1 is 1.19 bits per heavy atom. The fourth-order valence-corrected chi connectivity index (χ4v) is 2.54. The molecule has 1 aliphatic heterocycles. The normalized spacial score (nSPS) is 17.1. The number of hydrogen-bond donors (Lipinski definition) is 2. The number of carbonyl (C=O) groups excluding carboxylic acids is 1. The first kappa shape index (κ1) is 13.4. The second kappa shape index (κ2) is 5.40. The number of rotatable bonds is 3. The number of nitrogens with one attached hydrogen (secondary N) is 1. The molecule has 2 aromatic carbocycles. The minimum absolute atomic E-state index is 0.00962. The van der Waals surface area contributed by atoms with E-state index in [9.17, 15) is 9.90 Å². The average Bonchev–Trinajstić information content (AvgIpc) is 2.52. The Bertz CT molecular complexity index is 707. The molecule has 3 rings (SSSR count). The lowest BCUT2D eigenvalue weighted by Crippen LogP contribution is -2.72. The van der Waals surface area contributed by atoms with Crippen molar-refractivity contribution in [1.29, 1.82) is 0 Å². The van der Waals surface area contributed by atoms with Crippen LogP contribution in [0.1, 0.15) is 15.9 Å². The van der Waals surface area contributed by atoms with Gasteiger partial charge in [0.05, 0.1) is 18.7 Å². The third-order valence-corrected chi connectivity index (χ3v) is 3.68. The third-order valence-electron chi connectivity index (χ3n) is 3.68. The maximum Gasteiger partial charge on any atom is 0.349 e. The lowest BCUT2D eigenvalue weighted by molar-refractivity contribution is -0.371. The minimum Gasteiger partial charge on any atom is -0.497 e. The maximum atomic E-state index is 12.6. The third kappa shape index (κ3) is 2.52. The SMILES string of the molecule is COc1ccc2c(c1)[NH+]=C(O)[C@H](Cc1ccccc1)C2=O. The van der Waals surface area contributed by atoms with E-state index in [0.29, 0.717) is 23.4 Å². The highest BCUT2D eigenvalue weighted by Gasteiger charge is 2.37. The lowest BCUT2D eigenvalue weighted by atomic mass is 9.88. The van der Waals surface area contributed by atoms with Crippen molar-refractivity contribution in [3.8, 4) is 5.75 Å². The first-order valence-electron chi connectivity index (χ1n) is 6.78. The first-order valence-corrected chi connectivity index (χ1v) is 6.78. The van der Waals surface area contributed by atoms with Gasteiger partial charge in [-0.2, -0.15) is 4.99 Å². The van der Waals surface area contributed by atoms with Gasteiger partial charge in [-0.1, -0.05) is 30.3 Å². The molecule has 21 heavy (non-hydrogen) atoms. The Morgan fingerprint density at radius 3 is 2.67 bits per heavy atom. The van der Waals surface area contributed by atoms with Crippen molar-refractivity contribution in [2.45, 2.75) is 6.42 Å². The molecule has 0 radical (unpaired) electrons. The van der Waals surface area contributed by atoms with Crippen LogP contribution in [0.25, 0.3) is 0 Å². The van der Waals surface area contributed by atoms with Crippen molar-refractivity contribution in [2.24, 2.45) is 5.92 Å². The van der Waals surface area contributed by atoms with Gasteiger partial charge in [0.2, 0.25) is 5.69 Å². The number of aliphatic hydroxyl groups is 1. The van der Waals surface area contributed by atoms with Gasteiger partial charge in [0.1, 0.15) is 11.7 Å². The van der Waals surface area contributed by atoms with E-state index in [1.807, 2.05) is 30.3 Å². The summed E-state index contributed by atoms with van der Waals surface area (Å²) < 4.78 is 5.13. The molecule has 1 atom stereocenters. The molecule has 2 N–H and O–H groups in total. The van der Waals surface area contributed by atoms with E-state index in [4.69, 9.17) is 4.74 Å². The van der Waals surface area contributed by atoms with Crippen LogP contribution in [0, 0.1) is 5.92 Å². The molecule has 2 aromatic rings. The molecule has 0 aliphatic carbocycles. The van der Waals surface area contributed by atoms with Crippen LogP contribution in [0.5, 0.6) is 5.75 Å². The molecule has 1 aliphatic rings. The summed E-state index contributed by atoms with van der Waals surface area (Å²) in [6.07, 6.45) is 0.476. The van der Waals surface area contributed by atoms with E-state index >= 15 is 0 Å². The quantitative estimate of drug-likeness (QED) is 0.895. The number of ketones is 1. The first-order chi connectivity index (χ1) is 10.2. The molecular formula is C17H16NO3+. The molecule has 0 amide bonds. The number of Topliss-reactive ketones (excluding diaryl/α,β-unsaturated/α-hetero) is 1.